The molecule has 0 saturated heterocycles. The maximum absolute atomic E-state index is 12.0. The highest BCUT2D eigenvalue weighted by molar-refractivity contribution is 5.88. The third-order valence-electron chi connectivity index (χ3n) is 3.58. The Morgan fingerprint density at radius 1 is 1.38 bits per heavy atom. The molecule has 0 aliphatic heterocycles. The summed E-state index contributed by atoms with van der Waals surface area (Å²) in [5, 5.41) is 16.4. The lowest BCUT2D eigenvalue weighted by Gasteiger charge is -2.19. The van der Waals surface area contributed by atoms with Crippen LogP contribution < -0.4 is 5.32 Å². The summed E-state index contributed by atoms with van der Waals surface area (Å²) in [6.45, 7) is 3.68. The molecular formula is C15H18N2O4. The molecule has 0 fully saturated rings. The molecule has 6 heteroatoms. The van der Waals surface area contributed by atoms with Crippen molar-refractivity contribution >= 4 is 22.8 Å². The van der Waals surface area contributed by atoms with Crippen LogP contribution in [0.4, 0.5) is 0 Å². The van der Waals surface area contributed by atoms with Crippen molar-refractivity contribution in [3.63, 3.8) is 0 Å². The Bertz CT molecular complexity index is 650. The first-order chi connectivity index (χ1) is 10.0. The molecule has 2 N–H and O–H groups in total. The van der Waals surface area contributed by atoms with Crippen LogP contribution in [0.3, 0.4) is 0 Å². The average molecular weight is 290 g/mol. The van der Waals surface area contributed by atoms with Crippen LogP contribution in [0.5, 0.6) is 0 Å². The van der Waals surface area contributed by atoms with Gasteiger partial charge in [0.25, 0.3) is 0 Å². The zero-order valence-corrected chi connectivity index (χ0v) is 12.0. The summed E-state index contributed by atoms with van der Waals surface area (Å²) < 4.78 is 5.12. The molecule has 112 valence electrons. The number of hydrogen-bond donors (Lipinski definition) is 2. The first-order valence-electron chi connectivity index (χ1n) is 6.88. The summed E-state index contributed by atoms with van der Waals surface area (Å²) in [6.07, 6.45) is 0.668. The summed E-state index contributed by atoms with van der Waals surface area (Å²) in [7, 11) is 0. The molecule has 6 nitrogen and oxygen atoms in total. The zero-order valence-electron chi connectivity index (χ0n) is 12.0. The quantitative estimate of drug-likeness (QED) is 0.848. The molecule has 0 bridgehead atoms. The number of rotatable bonds is 6. The Hall–Kier alpha value is -2.37. The van der Waals surface area contributed by atoms with E-state index in [1.165, 1.54) is 0 Å². The first-order valence-corrected chi connectivity index (χ1v) is 6.88. The second kappa shape index (κ2) is 6.39. The number of carbonyl (C=O) groups is 2. The van der Waals surface area contributed by atoms with Crippen molar-refractivity contribution in [3.8, 4) is 0 Å². The van der Waals surface area contributed by atoms with Gasteiger partial charge in [-0.3, -0.25) is 4.79 Å². The topological polar surface area (TPSA) is 92.4 Å². The smallest absolute Gasteiger partial charge is 0.326 e. The third kappa shape index (κ3) is 3.39. The third-order valence-corrected chi connectivity index (χ3v) is 3.58. The van der Waals surface area contributed by atoms with Gasteiger partial charge in [0.1, 0.15) is 11.7 Å². The van der Waals surface area contributed by atoms with Crippen molar-refractivity contribution in [2.45, 2.75) is 32.7 Å². The highest BCUT2D eigenvalue weighted by Crippen LogP contribution is 2.18. The van der Waals surface area contributed by atoms with E-state index < -0.39 is 12.0 Å². The first kappa shape index (κ1) is 15.0. The van der Waals surface area contributed by atoms with E-state index in [4.69, 9.17) is 4.52 Å². The van der Waals surface area contributed by atoms with E-state index in [-0.39, 0.29) is 18.2 Å². The fourth-order valence-corrected chi connectivity index (χ4v) is 2.13. The Kier molecular flexibility index (Phi) is 4.57. The number of carboxylic acids is 1. The SMILES string of the molecule is CCC(C)[C@H](NC(=O)Cc1noc2ccccc12)C(=O)O. The lowest BCUT2D eigenvalue weighted by atomic mass is 9.99. The molecule has 21 heavy (non-hydrogen) atoms. The van der Waals surface area contributed by atoms with Gasteiger partial charge in [-0.1, -0.05) is 37.6 Å². The van der Waals surface area contributed by atoms with Gasteiger partial charge < -0.3 is 14.9 Å². The van der Waals surface area contributed by atoms with Crippen molar-refractivity contribution in [2.75, 3.05) is 0 Å². The minimum Gasteiger partial charge on any atom is -0.480 e. The fourth-order valence-electron chi connectivity index (χ4n) is 2.13. The molecule has 1 amide bonds. The van der Waals surface area contributed by atoms with E-state index in [2.05, 4.69) is 10.5 Å². The number of para-hydroxylation sites is 1. The largest absolute Gasteiger partial charge is 0.480 e. The molecule has 0 radical (unpaired) electrons. The number of benzene rings is 1. The van der Waals surface area contributed by atoms with Gasteiger partial charge in [0.15, 0.2) is 5.58 Å². The predicted molar refractivity (Wildman–Crippen MR) is 76.7 cm³/mol. The van der Waals surface area contributed by atoms with Crippen LogP contribution in [0.25, 0.3) is 11.0 Å². The molecule has 2 aromatic rings. The van der Waals surface area contributed by atoms with Crippen LogP contribution in [0.15, 0.2) is 28.8 Å². The van der Waals surface area contributed by atoms with E-state index in [9.17, 15) is 14.7 Å². The minimum atomic E-state index is -1.03. The van der Waals surface area contributed by atoms with Gasteiger partial charge >= 0.3 is 5.97 Å². The molecule has 1 aromatic carbocycles. The molecule has 2 rings (SSSR count). The normalized spacial score (nSPS) is 13.8. The van der Waals surface area contributed by atoms with Crippen molar-refractivity contribution in [1.82, 2.24) is 10.5 Å². The molecule has 1 aromatic heterocycles. The standard InChI is InChI=1S/C15H18N2O4/c1-3-9(2)14(15(19)20)16-13(18)8-11-10-6-4-5-7-12(10)21-17-11/h4-7,9,14H,3,8H2,1-2H3,(H,16,18)(H,19,20)/t9?,14-/m0/s1. The average Bonchev–Trinajstić information content (AvgIpc) is 2.87. The number of nitrogens with one attached hydrogen (secondary N) is 1. The van der Waals surface area contributed by atoms with Crippen molar-refractivity contribution in [2.24, 2.45) is 5.92 Å². The Morgan fingerprint density at radius 3 is 2.76 bits per heavy atom. The number of carbonyl (C=O) groups excluding carboxylic acids is 1. The van der Waals surface area contributed by atoms with Crippen molar-refractivity contribution in [1.29, 1.82) is 0 Å². The molecule has 0 saturated carbocycles. The van der Waals surface area contributed by atoms with Gasteiger partial charge in [-0.05, 0) is 18.1 Å². The van der Waals surface area contributed by atoms with E-state index in [1.807, 2.05) is 25.1 Å². The molecule has 0 aliphatic rings. The number of amides is 1. The summed E-state index contributed by atoms with van der Waals surface area (Å²) >= 11 is 0. The van der Waals surface area contributed by atoms with Crippen LogP contribution in [0.1, 0.15) is 26.0 Å². The number of carboxylic acid groups (broad SMARTS) is 1. The van der Waals surface area contributed by atoms with Gasteiger partial charge in [-0.2, -0.15) is 0 Å². The number of fused-ring (bicyclic) bond motifs is 1. The van der Waals surface area contributed by atoms with E-state index in [0.717, 1.165) is 5.39 Å². The highest BCUT2D eigenvalue weighted by Gasteiger charge is 2.25. The zero-order chi connectivity index (χ0) is 15.4. The number of nitrogens with zero attached hydrogens (tertiary/aromatic N) is 1. The molecule has 0 aliphatic carbocycles. The number of aromatic nitrogens is 1. The monoisotopic (exact) mass is 290 g/mol. The summed E-state index contributed by atoms with van der Waals surface area (Å²) in [4.78, 5) is 23.2. The summed E-state index contributed by atoms with van der Waals surface area (Å²) in [6, 6.07) is 6.35. The van der Waals surface area contributed by atoms with Gasteiger partial charge in [-0.15, -0.1) is 0 Å². The predicted octanol–water partition coefficient (Wildman–Crippen LogP) is 1.99. The van der Waals surface area contributed by atoms with E-state index in [1.54, 1.807) is 13.0 Å². The van der Waals surface area contributed by atoms with Gasteiger partial charge in [0.2, 0.25) is 5.91 Å². The van der Waals surface area contributed by atoms with E-state index in [0.29, 0.717) is 17.7 Å². The lowest BCUT2D eigenvalue weighted by Crippen LogP contribution is -2.45. The molecular weight excluding hydrogens is 272 g/mol. The molecule has 0 spiro atoms. The Morgan fingerprint density at radius 2 is 2.10 bits per heavy atom. The van der Waals surface area contributed by atoms with Gasteiger partial charge in [0.05, 0.1) is 6.42 Å². The summed E-state index contributed by atoms with van der Waals surface area (Å²) in [5.74, 6) is -1.54. The van der Waals surface area contributed by atoms with Crippen LogP contribution >= 0.6 is 0 Å². The van der Waals surface area contributed by atoms with Crippen molar-refractivity contribution < 1.29 is 19.2 Å². The Labute approximate surface area is 122 Å². The van der Waals surface area contributed by atoms with Crippen LogP contribution in [0, 0.1) is 5.92 Å². The second-order valence-electron chi connectivity index (χ2n) is 5.07. The molecule has 2 atom stereocenters. The summed E-state index contributed by atoms with van der Waals surface area (Å²) in [5.41, 5.74) is 1.12. The van der Waals surface area contributed by atoms with Crippen LogP contribution in [0.2, 0.25) is 0 Å². The lowest BCUT2D eigenvalue weighted by molar-refractivity contribution is -0.143. The Balaban J connectivity index is 2.09. The maximum atomic E-state index is 12.0. The molecule has 1 unspecified atom stereocenters. The number of hydrogen-bond acceptors (Lipinski definition) is 4. The van der Waals surface area contributed by atoms with E-state index >= 15 is 0 Å². The fraction of sp³-hybridized carbons (Fsp3) is 0.400. The van der Waals surface area contributed by atoms with Crippen molar-refractivity contribution in [3.05, 3.63) is 30.0 Å². The molecule has 1 heterocycles. The van der Waals surface area contributed by atoms with Crippen LogP contribution in [-0.2, 0) is 16.0 Å². The second-order valence-corrected chi connectivity index (χ2v) is 5.07. The maximum Gasteiger partial charge on any atom is 0.326 e. The van der Waals surface area contributed by atoms with Crippen LogP contribution in [-0.4, -0.2) is 28.2 Å². The van der Waals surface area contributed by atoms with Gasteiger partial charge in [0, 0.05) is 5.39 Å². The highest BCUT2D eigenvalue weighted by atomic mass is 16.5. The number of aliphatic carboxylic acids is 1. The minimum absolute atomic E-state index is 0.00275. The van der Waals surface area contributed by atoms with Gasteiger partial charge in [-0.25, -0.2) is 4.79 Å².